The molecule has 5 heteroatoms. The van der Waals surface area contributed by atoms with E-state index in [1.54, 1.807) is 6.92 Å². The second-order valence-corrected chi connectivity index (χ2v) is 6.49. The summed E-state index contributed by atoms with van der Waals surface area (Å²) in [4.78, 5) is 23.3. The van der Waals surface area contributed by atoms with Crippen LogP contribution in [0.3, 0.4) is 0 Å². The van der Waals surface area contributed by atoms with E-state index in [0.29, 0.717) is 11.5 Å². The van der Waals surface area contributed by atoms with Gasteiger partial charge in [0.15, 0.2) is 0 Å². The van der Waals surface area contributed by atoms with Crippen molar-refractivity contribution in [2.75, 3.05) is 13.2 Å². The van der Waals surface area contributed by atoms with Crippen molar-refractivity contribution in [1.29, 1.82) is 0 Å². The minimum Gasteiger partial charge on any atom is -0.460 e. The second kappa shape index (κ2) is 7.65. The van der Waals surface area contributed by atoms with Crippen molar-refractivity contribution in [1.82, 2.24) is 5.32 Å². The molecule has 0 aromatic carbocycles. The molecule has 0 atom stereocenters. The van der Waals surface area contributed by atoms with Gasteiger partial charge < -0.3 is 14.8 Å². The largest absolute Gasteiger partial charge is 0.460 e. The van der Waals surface area contributed by atoms with Crippen LogP contribution >= 0.6 is 0 Å². The van der Waals surface area contributed by atoms with Crippen LogP contribution in [0.1, 0.15) is 58.3 Å². The number of ether oxygens (including phenoxy) is 2. The molecule has 124 valence electrons. The summed E-state index contributed by atoms with van der Waals surface area (Å²) in [5, 5.41) is 2.68. The lowest BCUT2D eigenvalue weighted by atomic mass is 9.84. The predicted molar refractivity (Wildman–Crippen MR) is 83.4 cm³/mol. The summed E-state index contributed by atoms with van der Waals surface area (Å²) < 4.78 is 10.8. The van der Waals surface area contributed by atoms with Crippen LogP contribution in [0.4, 0.5) is 4.79 Å². The lowest BCUT2D eigenvalue weighted by Crippen LogP contribution is -2.43. The highest BCUT2D eigenvalue weighted by atomic mass is 16.6. The predicted octanol–water partition coefficient (Wildman–Crippen LogP) is 3.33. The van der Waals surface area contributed by atoms with E-state index in [0.717, 1.165) is 25.7 Å². The highest BCUT2D eigenvalue weighted by molar-refractivity contribution is 5.86. The average molecular weight is 309 g/mol. The van der Waals surface area contributed by atoms with Gasteiger partial charge in [-0.1, -0.05) is 19.4 Å². The van der Waals surface area contributed by atoms with Crippen LogP contribution in [0.25, 0.3) is 0 Å². The monoisotopic (exact) mass is 309 g/mol. The van der Waals surface area contributed by atoms with Crippen molar-refractivity contribution >= 4 is 12.1 Å². The molecule has 22 heavy (non-hydrogen) atoms. The van der Waals surface area contributed by atoms with E-state index in [9.17, 15) is 9.59 Å². The molecule has 2 aliphatic carbocycles. The van der Waals surface area contributed by atoms with Crippen LogP contribution in [0.5, 0.6) is 0 Å². The number of hydrogen-bond donors (Lipinski definition) is 1. The van der Waals surface area contributed by atoms with Crippen LogP contribution in [0, 0.1) is 5.92 Å². The topological polar surface area (TPSA) is 64.6 Å². The lowest BCUT2D eigenvalue weighted by molar-refractivity contribution is -0.138. The smallest absolute Gasteiger partial charge is 0.407 e. The normalized spacial score (nSPS) is 20.6. The van der Waals surface area contributed by atoms with Crippen LogP contribution in [-0.2, 0) is 14.3 Å². The number of carbonyl (C=O) groups is 2. The molecule has 0 heterocycles. The Bertz CT molecular complexity index is 420. The summed E-state index contributed by atoms with van der Waals surface area (Å²) in [7, 11) is 0. The Hall–Kier alpha value is -1.52. The zero-order valence-electron chi connectivity index (χ0n) is 13.5. The quantitative estimate of drug-likeness (QED) is 0.464. The van der Waals surface area contributed by atoms with E-state index in [1.807, 2.05) is 0 Å². The summed E-state index contributed by atoms with van der Waals surface area (Å²) in [6, 6.07) is 0. The average Bonchev–Trinajstić information content (AvgIpc) is 3.14. The van der Waals surface area contributed by atoms with Crippen molar-refractivity contribution in [3.63, 3.8) is 0 Å². The standard InChI is InChI=1S/C17H27NO4/c1-13(2)15(19)21-12-11-18-16(20)22-17(9-5-6-10-17)14-7-3-4-8-14/h14H,1,3-12H2,2H3,(H,18,20). The molecule has 0 aliphatic heterocycles. The van der Waals surface area contributed by atoms with Crippen molar-refractivity contribution in [2.24, 2.45) is 5.92 Å². The molecule has 5 nitrogen and oxygen atoms in total. The summed E-state index contributed by atoms with van der Waals surface area (Å²) >= 11 is 0. The minimum absolute atomic E-state index is 0.136. The number of hydrogen-bond acceptors (Lipinski definition) is 4. The van der Waals surface area contributed by atoms with Gasteiger partial charge in [0.2, 0.25) is 0 Å². The van der Waals surface area contributed by atoms with Gasteiger partial charge in [-0.15, -0.1) is 0 Å². The molecular formula is C17H27NO4. The molecule has 1 N–H and O–H groups in total. The van der Waals surface area contributed by atoms with Crippen molar-refractivity contribution in [2.45, 2.75) is 63.9 Å². The number of amides is 1. The molecule has 1 amide bonds. The first-order chi connectivity index (χ1) is 10.5. The zero-order valence-corrected chi connectivity index (χ0v) is 13.5. The van der Waals surface area contributed by atoms with Crippen molar-refractivity contribution in [3.8, 4) is 0 Å². The summed E-state index contributed by atoms with van der Waals surface area (Å²) in [5.74, 6) is 0.0791. The fraction of sp³-hybridized carbons (Fsp3) is 0.765. The Labute approximate surface area is 132 Å². The first-order valence-electron chi connectivity index (χ1n) is 8.33. The molecule has 0 unspecified atom stereocenters. The van der Waals surface area contributed by atoms with Gasteiger partial charge in [0.25, 0.3) is 0 Å². The molecule has 2 aliphatic rings. The van der Waals surface area contributed by atoms with Gasteiger partial charge in [0.1, 0.15) is 12.2 Å². The third-order valence-electron chi connectivity index (χ3n) is 4.80. The van der Waals surface area contributed by atoms with E-state index in [2.05, 4.69) is 11.9 Å². The molecule has 0 spiro atoms. The van der Waals surface area contributed by atoms with Gasteiger partial charge in [0.05, 0.1) is 6.54 Å². The van der Waals surface area contributed by atoms with Gasteiger partial charge in [-0.3, -0.25) is 0 Å². The Morgan fingerprint density at radius 1 is 1.18 bits per heavy atom. The number of alkyl carbamates (subject to hydrolysis) is 1. The molecule has 2 fully saturated rings. The molecule has 0 aromatic heterocycles. The summed E-state index contributed by atoms with van der Waals surface area (Å²) in [6.45, 7) is 5.50. The number of nitrogens with one attached hydrogen (secondary N) is 1. The van der Waals surface area contributed by atoms with Crippen molar-refractivity contribution < 1.29 is 19.1 Å². The molecular weight excluding hydrogens is 282 g/mol. The Morgan fingerprint density at radius 2 is 1.82 bits per heavy atom. The van der Waals surface area contributed by atoms with Crippen LogP contribution in [-0.4, -0.2) is 30.8 Å². The van der Waals surface area contributed by atoms with Gasteiger partial charge in [-0.05, 0) is 51.4 Å². The molecule has 0 radical (unpaired) electrons. The third-order valence-corrected chi connectivity index (χ3v) is 4.80. The highest BCUT2D eigenvalue weighted by Crippen LogP contribution is 2.46. The number of rotatable bonds is 6. The van der Waals surface area contributed by atoms with Crippen molar-refractivity contribution in [3.05, 3.63) is 12.2 Å². The minimum atomic E-state index is -0.437. The molecule has 2 saturated carbocycles. The maximum absolute atomic E-state index is 12.0. The highest BCUT2D eigenvalue weighted by Gasteiger charge is 2.45. The Kier molecular flexibility index (Phi) is 5.86. The Morgan fingerprint density at radius 3 is 2.41 bits per heavy atom. The van der Waals surface area contributed by atoms with E-state index in [1.165, 1.54) is 25.7 Å². The fourth-order valence-corrected chi connectivity index (χ4v) is 3.66. The molecule has 0 aromatic rings. The summed E-state index contributed by atoms with van der Waals surface area (Å²) in [6.07, 6.45) is 8.68. The van der Waals surface area contributed by atoms with E-state index in [4.69, 9.17) is 9.47 Å². The van der Waals surface area contributed by atoms with Crippen LogP contribution in [0.15, 0.2) is 12.2 Å². The number of carbonyl (C=O) groups excluding carboxylic acids is 2. The fourth-order valence-electron chi connectivity index (χ4n) is 3.66. The van der Waals surface area contributed by atoms with Crippen LogP contribution in [0.2, 0.25) is 0 Å². The lowest BCUT2D eigenvalue weighted by Gasteiger charge is -2.35. The van der Waals surface area contributed by atoms with E-state index in [-0.39, 0.29) is 24.8 Å². The first kappa shape index (κ1) is 16.8. The third kappa shape index (κ3) is 4.24. The maximum atomic E-state index is 12.0. The number of esters is 1. The van der Waals surface area contributed by atoms with Gasteiger partial charge >= 0.3 is 12.1 Å². The molecule has 2 rings (SSSR count). The van der Waals surface area contributed by atoms with E-state index < -0.39 is 5.97 Å². The maximum Gasteiger partial charge on any atom is 0.407 e. The second-order valence-electron chi connectivity index (χ2n) is 6.49. The van der Waals surface area contributed by atoms with Crippen LogP contribution < -0.4 is 5.32 Å². The first-order valence-corrected chi connectivity index (χ1v) is 8.33. The Balaban J connectivity index is 1.75. The SMILES string of the molecule is C=C(C)C(=O)OCCNC(=O)OC1(C2CCCC2)CCCC1. The van der Waals surface area contributed by atoms with Gasteiger partial charge in [-0.2, -0.15) is 0 Å². The van der Waals surface area contributed by atoms with Gasteiger partial charge in [0, 0.05) is 5.57 Å². The van der Waals surface area contributed by atoms with Gasteiger partial charge in [-0.25, -0.2) is 9.59 Å². The zero-order chi connectivity index (χ0) is 16.0. The molecule has 0 bridgehead atoms. The molecule has 0 saturated heterocycles. The summed E-state index contributed by atoms with van der Waals surface area (Å²) in [5.41, 5.74) is 0.100. The van der Waals surface area contributed by atoms with E-state index >= 15 is 0 Å².